The van der Waals surface area contributed by atoms with Gasteiger partial charge in [-0.25, -0.2) is 4.98 Å². The number of halogens is 1. The van der Waals surface area contributed by atoms with Crippen LogP contribution in [-0.4, -0.2) is 45.6 Å². The predicted octanol–water partition coefficient (Wildman–Crippen LogP) is 0.717. The second kappa shape index (κ2) is 5.56. The number of nitrogens with one attached hydrogen (secondary N) is 1. The zero-order chi connectivity index (χ0) is 13.9. The molecule has 0 unspecified atom stereocenters. The van der Waals surface area contributed by atoms with Crippen molar-refractivity contribution in [3.05, 3.63) is 29.4 Å². The molecule has 0 bridgehead atoms. The van der Waals surface area contributed by atoms with E-state index in [1.54, 1.807) is 18.3 Å². The van der Waals surface area contributed by atoms with Crippen molar-refractivity contribution in [2.45, 2.75) is 6.54 Å². The van der Waals surface area contributed by atoms with Crippen molar-refractivity contribution in [2.75, 3.05) is 19.6 Å². The number of amides is 1. The Morgan fingerprint density at radius 3 is 3.20 bits per heavy atom. The van der Waals surface area contributed by atoms with Crippen molar-refractivity contribution in [3.8, 4) is 11.4 Å². The molecular formula is C12H12ClN5O2. The van der Waals surface area contributed by atoms with Crippen molar-refractivity contribution in [2.24, 2.45) is 0 Å². The summed E-state index contributed by atoms with van der Waals surface area (Å²) in [6.45, 7) is 2.18. The first-order chi connectivity index (χ1) is 9.72. The van der Waals surface area contributed by atoms with E-state index >= 15 is 0 Å². The molecule has 8 heteroatoms. The molecule has 1 N–H and O–H groups in total. The lowest BCUT2D eigenvalue weighted by Gasteiger charge is -2.24. The first-order valence-electron chi connectivity index (χ1n) is 6.15. The summed E-state index contributed by atoms with van der Waals surface area (Å²) in [5.74, 6) is 0.862. The summed E-state index contributed by atoms with van der Waals surface area (Å²) >= 11 is 5.98. The number of hydrogen-bond donors (Lipinski definition) is 1. The Balaban J connectivity index is 1.74. The molecule has 1 saturated heterocycles. The van der Waals surface area contributed by atoms with E-state index in [4.69, 9.17) is 16.1 Å². The maximum absolute atomic E-state index is 11.3. The van der Waals surface area contributed by atoms with Crippen LogP contribution in [0.5, 0.6) is 0 Å². The molecule has 0 atom stereocenters. The van der Waals surface area contributed by atoms with Gasteiger partial charge in [-0.05, 0) is 12.1 Å². The molecule has 3 rings (SSSR count). The van der Waals surface area contributed by atoms with Gasteiger partial charge in [-0.1, -0.05) is 16.8 Å². The van der Waals surface area contributed by atoms with Crippen LogP contribution in [0.1, 0.15) is 5.89 Å². The SMILES string of the molecule is O=C1CN(Cc2nc(-c3cccnc3Cl)no2)CCN1. The monoisotopic (exact) mass is 293 g/mol. The molecule has 2 aromatic heterocycles. The minimum absolute atomic E-state index is 0.00583. The Morgan fingerprint density at radius 1 is 1.50 bits per heavy atom. The molecule has 1 aliphatic rings. The molecule has 1 amide bonds. The standard InChI is InChI=1S/C12H12ClN5O2/c13-11-8(2-1-3-15-11)12-16-10(20-17-12)7-18-5-4-14-9(19)6-18/h1-3H,4-7H2,(H,14,19). The number of hydrogen-bond acceptors (Lipinski definition) is 6. The summed E-state index contributed by atoms with van der Waals surface area (Å²) in [6.07, 6.45) is 1.60. The Kier molecular flexibility index (Phi) is 3.62. The van der Waals surface area contributed by atoms with E-state index in [-0.39, 0.29) is 5.91 Å². The van der Waals surface area contributed by atoms with Gasteiger partial charge in [0.05, 0.1) is 18.7 Å². The molecule has 104 valence electrons. The smallest absolute Gasteiger partial charge is 0.241 e. The van der Waals surface area contributed by atoms with Crippen molar-refractivity contribution in [1.82, 2.24) is 25.3 Å². The molecule has 0 saturated carbocycles. The number of carbonyl (C=O) groups excluding carboxylic acids is 1. The third-order valence-electron chi connectivity index (χ3n) is 2.94. The highest BCUT2D eigenvalue weighted by Gasteiger charge is 2.19. The van der Waals surface area contributed by atoms with Crippen LogP contribution >= 0.6 is 11.6 Å². The Labute approximate surface area is 119 Å². The summed E-state index contributed by atoms with van der Waals surface area (Å²) in [7, 11) is 0. The first-order valence-corrected chi connectivity index (χ1v) is 6.53. The molecule has 0 radical (unpaired) electrons. The molecule has 3 heterocycles. The van der Waals surface area contributed by atoms with E-state index in [0.717, 1.165) is 6.54 Å². The molecule has 0 aliphatic carbocycles. The van der Waals surface area contributed by atoms with Crippen molar-refractivity contribution in [3.63, 3.8) is 0 Å². The quantitative estimate of drug-likeness (QED) is 0.839. The first kappa shape index (κ1) is 13.0. The van der Waals surface area contributed by atoms with Gasteiger partial charge in [0.15, 0.2) is 0 Å². The van der Waals surface area contributed by atoms with Gasteiger partial charge in [-0.3, -0.25) is 9.69 Å². The highest BCUT2D eigenvalue weighted by atomic mass is 35.5. The van der Waals surface area contributed by atoms with Gasteiger partial charge in [0.25, 0.3) is 0 Å². The number of nitrogens with zero attached hydrogens (tertiary/aromatic N) is 4. The van der Waals surface area contributed by atoms with E-state index in [9.17, 15) is 4.79 Å². The normalized spacial score (nSPS) is 16.1. The van der Waals surface area contributed by atoms with E-state index in [0.29, 0.717) is 42.1 Å². The fourth-order valence-corrected chi connectivity index (χ4v) is 2.20. The highest BCUT2D eigenvalue weighted by Crippen LogP contribution is 2.22. The van der Waals surface area contributed by atoms with Crippen LogP contribution in [-0.2, 0) is 11.3 Å². The molecular weight excluding hydrogens is 282 g/mol. The van der Waals surface area contributed by atoms with Crippen LogP contribution < -0.4 is 5.32 Å². The minimum Gasteiger partial charge on any atom is -0.354 e. The van der Waals surface area contributed by atoms with Crippen molar-refractivity contribution >= 4 is 17.5 Å². The van der Waals surface area contributed by atoms with E-state index < -0.39 is 0 Å². The zero-order valence-corrected chi connectivity index (χ0v) is 11.3. The van der Waals surface area contributed by atoms with Crippen LogP contribution in [0.15, 0.2) is 22.9 Å². The second-order valence-corrected chi connectivity index (χ2v) is 4.77. The molecule has 0 spiro atoms. The van der Waals surface area contributed by atoms with Crippen LogP contribution in [0.3, 0.4) is 0 Å². The van der Waals surface area contributed by atoms with Crippen molar-refractivity contribution < 1.29 is 9.32 Å². The Hall–Kier alpha value is -1.99. The number of carbonyl (C=O) groups is 1. The van der Waals surface area contributed by atoms with Crippen LogP contribution in [0.2, 0.25) is 5.15 Å². The molecule has 20 heavy (non-hydrogen) atoms. The fraction of sp³-hybridized carbons (Fsp3) is 0.333. The van der Waals surface area contributed by atoms with E-state index in [2.05, 4.69) is 20.4 Å². The van der Waals surface area contributed by atoms with Gasteiger partial charge in [-0.15, -0.1) is 0 Å². The van der Waals surface area contributed by atoms with Crippen LogP contribution in [0.25, 0.3) is 11.4 Å². The summed E-state index contributed by atoms with van der Waals surface area (Å²) in [4.78, 5) is 21.5. The van der Waals surface area contributed by atoms with E-state index in [1.807, 2.05) is 4.90 Å². The topological polar surface area (TPSA) is 84.2 Å². The van der Waals surface area contributed by atoms with Gasteiger partial charge in [0, 0.05) is 19.3 Å². The van der Waals surface area contributed by atoms with Gasteiger partial charge in [0.1, 0.15) is 5.15 Å². The molecule has 2 aromatic rings. The van der Waals surface area contributed by atoms with Gasteiger partial charge < -0.3 is 9.84 Å². The molecule has 1 fully saturated rings. The predicted molar refractivity (Wildman–Crippen MR) is 70.8 cm³/mol. The summed E-state index contributed by atoms with van der Waals surface area (Å²) in [5, 5.41) is 6.99. The third-order valence-corrected chi connectivity index (χ3v) is 3.25. The molecule has 0 aromatic carbocycles. The summed E-state index contributed by atoms with van der Waals surface area (Å²) in [6, 6.07) is 3.53. The molecule has 1 aliphatic heterocycles. The van der Waals surface area contributed by atoms with Gasteiger partial charge in [-0.2, -0.15) is 4.98 Å². The average molecular weight is 294 g/mol. The number of pyridine rings is 1. The lowest BCUT2D eigenvalue weighted by atomic mass is 10.3. The number of piperazine rings is 1. The lowest BCUT2D eigenvalue weighted by Crippen LogP contribution is -2.47. The van der Waals surface area contributed by atoms with Gasteiger partial charge >= 0.3 is 0 Å². The number of rotatable bonds is 3. The minimum atomic E-state index is 0.00583. The van der Waals surface area contributed by atoms with E-state index in [1.165, 1.54) is 0 Å². The third kappa shape index (κ3) is 2.78. The average Bonchev–Trinajstić information content (AvgIpc) is 2.87. The maximum Gasteiger partial charge on any atom is 0.241 e. The van der Waals surface area contributed by atoms with Crippen molar-refractivity contribution in [1.29, 1.82) is 0 Å². The summed E-state index contributed by atoms with van der Waals surface area (Å²) in [5.41, 5.74) is 0.626. The van der Waals surface area contributed by atoms with Gasteiger partial charge in [0.2, 0.25) is 17.6 Å². The Morgan fingerprint density at radius 2 is 2.40 bits per heavy atom. The molecule has 7 nitrogen and oxygen atoms in total. The lowest BCUT2D eigenvalue weighted by molar-refractivity contribution is -0.124. The number of aromatic nitrogens is 3. The largest absolute Gasteiger partial charge is 0.354 e. The zero-order valence-electron chi connectivity index (χ0n) is 10.5. The summed E-state index contributed by atoms with van der Waals surface area (Å²) < 4.78 is 5.19. The van der Waals surface area contributed by atoms with Crippen LogP contribution in [0, 0.1) is 0 Å². The van der Waals surface area contributed by atoms with Crippen LogP contribution in [0.4, 0.5) is 0 Å². The highest BCUT2D eigenvalue weighted by molar-refractivity contribution is 6.31. The second-order valence-electron chi connectivity index (χ2n) is 4.41. The Bertz CT molecular complexity index is 630. The maximum atomic E-state index is 11.3. The fourth-order valence-electron chi connectivity index (χ4n) is 2.00.